The highest BCUT2D eigenvalue weighted by Crippen LogP contribution is 2.28. The molecule has 0 aliphatic carbocycles. The lowest BCUT2D eigenvalue weighted by Crippen LogP contribution is -2.51. The van der Waals surface area contributed by atoms with Gasteiger partial charge in [-0.1, -0.05) is 12.1 Å². The van der Waals surface area contributed by atoms with Gasteiger partial charge in [0.1, 0.15) is 5.75 Å². The zero-order chi connectivity index (χ0) is 15.4. The molecule has 5 nitrogen and oxygen atoms in total. The number of amides is 1. The number of nitrogens with one attached hydrogen (secondary N) is 1. The van der Waals surface area contributed by atoms with Gasteiger partial charge in [0.25, 0.3) is 0 Å². The second-order valence-electron chi connectivity index (χ2n) is 6.01. The molecule has 2 fully saturated rings. The lowest BCUT2D eigenvalue weighted by Gasteiger charge is -2.38. The van der Waals surface area contributed by atoms with Gasteiger partial charge in [0.15, 0.2) is 0 Å². The van der Waals surface area contributed by atoms with Crippen LogP contribution in [0.15, 0.2) is 24.3 Å². The van der Waals surface area contributed by atoms with Gasteiger partial charge < -0.3 is 19.9 Å². The molecule has 1 N–H and O–H groups in total. The first-order valence-corrected chi connectivity index (χ1v) is 8.17. The van der Waals surface area contributed by atoms with Crippen molar-refractivity contribution in [1.29, 1.82) is 0 Å². The topological polar surface area (TPSA) is 44.8 Å². The van der Waals surface area contributed by atoms with Gasteiger partial charge in [-0.2, -0.15) is 0 Å². The minimum atomic E-state index is 0.221. The predicted molar refractivity (Wildman–Crippen MR) is 87.4 cm³/mol. The van der Waals surface area contributed by atoms with Crippen molar-refractivity contribution in [1.82, 2.24) is 10.2 Å². The first kappa shape index (κ1) is 15.2. The molecule has 0 radical (unpaired) electrons. The Hall–Kier alpha value is -1.75. The molecule has 3 rings (SSSR count). The van der Waals surface area contributed by atoms with Crippen molar-refractivity contribution < 1.29 is 9.53 Å². The van der Waals surface area contributed by atoms with Crippen molar-refractivity contribution in [2.45, 2.75) is 12.8 Å². The van der Waals surface area contributed by atoms with E-state index in [0.29, 0.717) is 5.91 Å². The number of anilines is 1. The largest absolute Gasteiger partial charge is 0.495 e. The molecule has 2 aliphatic heterocycles. The maximum Gasteiger partial charge on any atom is 0.225 e. The van der Waals surface area contributed by atoms with Gasteiger partial charge in [-0.3, -0.25) is 4.79 Å². The fourth-order valence-electron chi connectivity index (χ4n) is 3.39. The monoisotopic (exact) mass is 303 g/mol. The zero-order valence-corrected chi connectivity index (χ0v) is 13.3. The number of hydrogen-bond donors (Lipinski definition) is 1. The SMILES string of the molecule is COc1ccccc1N1CCN(C(=O)C2CCNCC2)CC1. The molecule has 0 bridgehead atoms. The molecule has 0 atom stereocenters. The number of piperidine rings is 1. The van der Waals surface area contributed by atoms with Crippen LogP contribution in [0.5, 0.6) is 5.75 Å². The van der Waals surface area contributed by atoms with Crippen LogP contribution in [0.3, 0.4) is 0 Å². The molecule has 1 aromatic rings. The lowest BCUT2D eigenvalue weighted by molar-refractivity contribution is -0.136. The van der Waals surface area contributed by atoms with Crippen molar-refractivity contribution >= 4 is 11.6 Å². The van der Waals surface area contributed by atoms with E-state index in [1.165, 1.54) is 0 Å². The molecule has 0 spiro atoms. The molecule has 2 aliphatic rings. The van der Waals surface area contributed by atoms with Crippen LogP contribution in [-0.4, -0.2) is 57.2 Å². The number of ether oxygens (including phenoxy) is 1. The van der Waals surface area contributed by atoms with Crippen molar-refractivity contribution in [3.8, 4) is 5.75 Å². The maximum absolute atomic E-state index is 12.6. The van der Waals surface area contributed by atoms with Crippen LogP contribution >= 0.6 is 0 Å². The minimum absolute atomic E-state index is 0.221. The van der Waals surface area contributed by atoms with Gasteiger partial charge >= 0.3 is 0 Å². The summed E-state index contributed by atoms with van der Waals surface area (Å²) in [6.45, 7) is 5.30. The molecule has 2 saturated heterocycles. The molecule has 2 heterocycles. The van der Waals surface area contributed by atoms with Gasteiger partial charge in [-0.05, 0) is 38.1 Å². The Kier molecular flexibility index (Phi) is 4.83. The third-order valence-electron chi connectivity index (χ3n) is 4.71. The van der Waals surface area contributed by atoms with E-state index < -0.39 is 0 Å². The molecule has 1 aromatic carbocycles. The summed E-state index contributed by atoms with van der Waals surface area (Å²) < 4.78 is 5.44. The fourth-order valence-corrected chi connectivity index (χ4v) is 3.39. The summed E-state index contributed by atoms with van der Waals surface area (Å²) in [6, 6.07) is 8.09. The Bertz CT molecular complexity index is 506. The van der Waals surface area contributed by atoms with E-state index in [4.69, 9.17) is 4.74 Å². The van der Waals surface area contributed by atoms with Gasteiger partial charge in [0.2, 0.25) is 5.91 Å². The van der Waals surface area contributed by atoms with Crippen LogP contribution < -0.4 is 15.0 Å². The summed E-state index contributed by atoms with van der Waals surface area (Å²) in [5.74, 6) is 1.47. The van der Waals surface area contributed by atoms with Crippen molar-refractivity contribution in [3.63, 3.8) is 0 Å². The Morgan fingerprint density at radius 2 is 1.82 bits per heavy atom. The van der Waals surface area contributed by atoms with Crippen molar-refractivity contribution in [3.05, 3.63) is 24.3 Å². The minimum Gasteiger partial charge on any atom is -0.495 e. The Morgan fingerprint density at radius 3 is 2.50 bits per heavy atom. The van der Waals surface area contributed by atoms with Gasteiger partial charge in [0, 0.05) is 32.1 Å². The number of hydrogen-bond acceptors (Lipinski definition) is 4. The molecule has 0 saturated carbocycles. The number of rotatable bonds is 3. The van der Waals surface area contributed by atoms with Crippen LogP contribution in [0.25, 0.3) is 0 Å². The third kappa shape index (κ3) is 3.19. The number of nitrogens with zero attached hydrogens (tertiary/aromatic N) is 2. The van der Waals surface area contributed by atoms with E-state index in [-0.39, 0.29) is 5.92 Å². The number of benzene rings is 1. The highest BCUT2D eigenvalue weighted by Gasteiger charge is 2.28. The summed E-state index contributed by atoms with van der Waals surface area (Å²) in [7, 11) is 1.70. The van der Waals surface area contributed by atoms with Crippen LogP contribution in [0, 0.1) is 5.92 Å². The van der Waals surface area contributed by atoms with E-state index in [2.05, 4.69) is 16.3 Å². The van der Waals surface area contributed by atoms with E-state index in [0.717, 1.165) is 63.5 Å². The highest BCUT2D eigenvalue weighted by molar-refractivity contribution is 5.79. The average molecular weight is 303 g/mol. The van der Waals surface area contributed by atoms with Crippen LogP contribution in [0.4, 0.5) is 5.69 Å². The Labute approximate surface area is 132 Å². The highest BCUT2D eigenvalue weighted by atomic mass is 16.5. The fraction of sp³-hybridized carbons (Fsp3) is 0.588. The summed E-state index contributed by atoms with van der Waals surface area (Å²) in [4.78, 5) is 16.9. The van der Waals surface area contributed by atoms with Crippen LogP contribution in [0.1, 0.15) is 12.8 Å². The first-order valence-electron chi connectivity index (χ1n) is 8.17. The number of carbonyl (C=O) groups excluding carboxylic acids is 1. The second kappa shape index (κ2) is 7.01. The maximum atomic E-state index is 12.6. The Morgan fingerprint density at radius 1 is 1.14 bits per heavy atom. The normalized spacial score (nSPS) is 20.0. The summed E-state index contributed by atoms with van der Waals surface area (Å²) in [5.41, 5.74) is 1.12. The number of piperazine rings is 1. The summed E-state index contributed by atoms with van der Waals surface area (Å²) >= 11 is 0. The molecule has 120 valence electrons. The zero-order valence-electron chi connectivity index (χ0n) is 13.3. The summed E-state index contributed by atoms with van der Waals surface area (Å²) in [6.07, 6.45) is 1.96. The third-order valence-corrected chi connectivity index (χ3v) is 4.71. The van der Waals surface area contributed by atoms with Crippen molar-refractivity contribution in [2.75, 3.05) is 51.3 Å². The molecule has 22 heavy (non-hydrogen) atoms. The number of methoxy groups -OCH3 is 1. The van der Waals surface area contributed by atoms with Crippen LogP contribution in [-0.2, 0) is 4.79 Å². The standard InChI is InChI=1S/C17H25N3O2/c1-22-16-5-3-2-4-15(16)19-10-12-20(13-11-19)17(21)14-6-8-18-9-7-14/h2-5,14,18H,6-13H2,1H3. The lowest BCUT2D eigenvalue weighted by atomic mass is 9.96. The second-order valence-corrected chi connectivity index (χ2v) is 6.01. The van der Waals surface area contributed by atoms with E-state index >= 15 is 0 Å². The average Bonchev–Trinajstić information content (AvgIpc) is 2.62. The molecule has 0 unspecified atom stereocenters. The number of carbonyl (C=O) groups is 1. The van der Waals surface area contributed by atoms with Gasteiger partial charge in [-0.25, -0.2) is 0 Å². The van der Waals surface area contributed by atoms with Crippen LogP contribution in [0.2, 0.25) is 0 Å². The van der Waals surface area contributed by atoms with Crippen molar-refractivity contribution in [2.24, 2.45) is 5.92 Å². The molecule has 5 heteroatoms. The molecular formula is C17H25N3O2. The van der Waals surface area contributed by atoms with E-state index in [9.17, 15) is 4.79 Å². The smallest absolute Gasteiger partial charge is 0.225 e. The van der Waals surface area contributed by atoms with Gasteiger partial charge in [-0.15, -0.1) is 0 Å². The first-order chi connectivity index (χ1) is 10.8. The molecular weight excluding hydrogens is 278 g/mol. The van der Waals surface area contributed by atoms with E-state index in [1.54, 1.807) is 7.11 Å². The predicted octanol–water partition coefficient (Wildman–Crippen LogP) is 1.34. The number of para-hydroxylation sites is 2. The van der Waals surface area contributed by atoms with Gasteiger partial charge in [0.05, 0.1) is 12.8 Å². The van der Waals surface area contributed by atoms with E-state index in [1.807, 2.05) is 23.1 Å². The quantitative estimate of drug-likeness (QED) is 0.915. The molecule has 0 aromatic heterocycles. The Balaban J connectivity index is 1.59. The summed E-state index contributed by atoms with van der Waals surface area (Å²) in [5, 5.41) is 3.32. The molecule has 1 amide bonds.